The lowest BCUT2D eigenvalue weighted by atomic mass is 10.0. The molecule has 0 amide bonds. The average Bonchev–Trinajstić information content (AvgIpc) is 2.46. The Kier molecular flexibility index (Phi) is 4.60. The summed E-state index contributed by atoms with van der Waals surface area (Å²) < 4.78 is 25.9. The summed E-state index contributed by atoms with van der Waals surface area (Å²) in [4.78, 5) is 7.52. The zero-order valence-corrected chi connectivity index (χ0v) is 11.2. The van der Waals surface area contributed by atoms with E-state index in [1.807, 2.05) is 30.3 Å². The van der Waals surface area contributed by atoms with Crippen LogP contribution in [0.5, 0.6) is 0 Å². The first-order chi connectivity index (χ1) is 9.69. The SMILES string of the molecule is [N-]=[N+]=C1CCC(=Nc2ccccc2)C=C1OC=S(=O)=O. The minimum absolute atomic E-state index is 0.178. The van der Waals surface area contributed by atoms with Gasteiger partial charge in [-0.2, -0.15) is 13.2 Å². The second-order valence-electron chi connectivity index (χ2n) is 3.97. The third-order valence-electron chi connectivity index (χ3n) is 2.60. The summed E-state index contributed by atoms with van der Waals surface area (Å²) >= 11 is 0. The molecule has 0 heterocycles. The third-order valence-corrected chi connectivity index (χ3v) is 2.86. The molecule has 102 valence electrons. The number of rotatable bonds is 3. The van der Waals surface area contributed by atoms with Crippen LogP contribution in [0.3, 0.4) is 0 Å². The lowest BCUT2D eigenvalue weighted by Crippen LogP contribution is -2.16. The topological polar surface area (TPSA) is 92.1 Å². The van der Waals surface area contributed by atoms with Crippen molar-refractivity contribution in [3.05, 3.63) is 47.7 Å². The summed E-state index contributed by atoms with van der Waals surface area (Å²) in [6, 6.07) is 9.35. The highest BCUT2D eigenvalue weighted by Gasteiger charge is 2.23. The quantitative estimate of drug-likeness (QED) is 0.482. The van der Waals surface area contributed by atoms with Crippen molar-refractivity contribution in [2.45, 2.75) is 12.8 Å². The fraction of sp³-hybridized carbons (Fsp3) is 0.154. The van der Waals surface area contributed by atoms with E-state index in [2.05, 4.69) is 9.78 Å². The smallest absolute Gasteiger partial charge is 0.334 e. The minimum atomic E-state index is -2.45. The molecule has 0 atom stereocenters. The number of ether oxygens (including phenoxy) is 1. The summed E-state index contributed by atoms with van der Waals surface area (Å²) in [5.74, 6) is 0.178. The van der Waals surface area contributed by atoms with Crippen LogP contribution in [-0.4, -0.2) is 30.2 Å². The number of hydrogen-bond donors (Lipinski definition) is 0. The lowest BCUT2D eigenvalue weighted by molar-refractivity contribution is -0.0103. The molecule has 0 aliphatic heterocycles. The average molecular weight is 289 g/mol. The van der Waals surface area contributed by atoms with Gasteiger partial charge < -0.3 is 10.3 Å². The van der Waals surface area contributed by atoms with Crippen molar-refractivity contribution < 1.29 is 17.9 Å². The number of hydrogen-bond acceptors (Lipinski definition) is 4. The van der Waals surface area contributed by atoms with E-state index in [9.17, 15) is 8.42 Å². The van der Waals surface area contributed by atoms with Crippen molar-refractivity contribution in [1.29, 1.82) is 0 Å². The van der Waals surface area contributed by atoms with Crippen LogP contribution >= 0.6 is 0 Å². The van der Waals surface area contributed by atoms with Crippen LogP contribution in [0.1, 0.15) is 12.8 Å². The molecule has 1 aromatic rings. The van der Waals surface area contributed by atoms with Gasteiger partial charge in [-0.1, -0.05) is 18.2 Å². The van der Waals surface area contributed by atoms with Crippen LogP contribution in [-0.2, 0) is 15.0 Å². The molecule has 1 aliphatic rings. The maximum Gasteiger partial charge on any atom is 0.334 e. The molecule has 0 N–H and O–H groups in total. The van der Waals surface area contributed by atoms with Crippen LogP contribution in [0.4, 0.5) is 5.69 Å². The summed E-state index contributed by atoms with van der Waals surface area (Å²) in [5, 5.41) is 0. The molecule has 0 unspecified atom stereocenters. The number of para-hydroxylation sites is 1. The van der Waals surface area contributed by atoms with Crippen LogP contribution in [0.15, 0.2) is 47.2 Å². The first-order valence-electron chi connectivity index (χ1n) is 5.82. The summed E-state index contributed by atoms with van der Waals surface area (Å²) in [6.07, 6.45) is 2.57. The van der Waals surface area contributed by atoms with Gasteiger partial charge in [0.25, 0.3) is 0 Å². The van der Waals surface area contributed by atoms with Gasteiger partial charge in [0.1, 0.15) is 0 Å². The third kappa shape index (κ3) is 3.74. The van der Waals surface area contributed by atoms with E-state index in [1.165, 1.54) is 0 Å². The van der Waals surface area contributed by atoms with Gasteiger partial charge in [-0.05, 0) is 12.1 Å². The van der Waals surface area contributed by atoms with Gasteiger partial charge in [0.2, 0.25) is 21.6 Å². The Bertz CT molecular complexity index is 734. The Morgan fingerprint density at radius 3 is 2.65 bits per heavy atom. The van der Waals surface area contributed by atoms with Gasteiger partial charge in [-0.25, -0.2) is 0 Å². The fourth-order valence-electron chi connectivity index (χ4n) is 1.73. The lowest BCUT2D eigenvalue weighted by Gasteiger charge is -2.09. The van der Waals surface area contributed by atoms with Gasteiger partial charge in [-0.3, -0.25) is 4.99 Å². The molecule has 0 bridgehead atoms. The summed E-state index contributed by atoms with van der Waals surface area (Å²) in [5.41, 5.74) is 11.3. The van der Waals surface area contributed by atoms with Crippen molar-refractivity contribution in [2.24, 2.45) is 4.99 Å². The number of aliphatic imine (C=N–C) groups is 1. The molecule has 0 saturated heterocycles. The first kappa shape index (κ1) is 13.9. The second-order valence-corrected chi connectivity index (χ2v) is 4.68. The molecular weight excluding hydrogens is 278 g/mol. The molecule has 1 aromatic carbocycles. The zero-order chi connectivity index (χ0) is 14.4. The Labute approximate surface area is 117 Å². The molecule has 0 aromatic heterocycles. The highest BCUT2D eigenvalue weighted by molar-refractivity contribution is 7.71. The number of allylic oxidation sites excluding steroid dienone is 2. The van der Waals surface area contributed by atoms with Crippen LogP contribution in [0, 0.1) is 0 Å². The van der Waals surface area contributed by atoms with Crippen molar-refractivity contribution in [3.8, 4) is 0 Å². The second kappa shape index (κ2) is 6.60. The van der Waals surface area contributed by atoms with Crippen LogP contribution in [0.2, 0.25) is 0 Å². The van der Waals surface area contributed by atoms with E-state index in [-0.39, 0.29) is 5.76 Å². The van der Waals surface area contributed by atoms with E-state index < -0.39 is 10.3 Å². The first-order valence-corrected chi connectivity index (χ1v) is 6.96. The number of benzene rings is 1. The summed E-state index contributed by atoms with van der Waals surface area (Å²) in [6.45, 7) is 0. The highest BCUT2D eigenvalue weighted by Crippen LogP contribution is 2.18. The molecule has 6 nitrogen and oxygen atoms in total. The maximum atomic E-state index is 10.5. The van der Waals surface area contributed by atoms with E-state index in [0.717, 1.165) is 11.4 Å². The largest absolute Gasteiger partial charge is 0.441 e. The highest BCUT2D eigenvalue weighted by atomic mass is 32.2. The molecule has 0 saturated carbocycles. The van der Waals surface area contributed by atoms with Gasteiger partial charge in [0.15, 0.2) is 0 Å². The Morgan fingerprint density at radius 1 is 1.25 bits per heavy atom. The van der Waals surface area contributed by atoms with Gasteiger partial charge >= 0.3 is 5.71 Å². The molecule has 0 fully saturated rings. The van der Waals surface area contributed by atoms with E-state index in [1.54, 1.807) is 6.08 Å². The minimum Gasteiger partial charge on any atom is -0.441 e. The Balaban J connectivity index is 2.33. The van der Waals surface area contributed by atoms with Gasteiger partial charge in [-0.15, -0.1) is 0 Å². The molecule has 1 aliphatic carbocycles. The van der Waals surface area contributed by atoms with E-state index in [0.29, 0.717) is 24.1 Å². The summed E-state index contributed by atoms with van der Waals surface area (Å²) in [7, 11) is -2.45. The molecule has 20 heavy (non-hydrogen) atoms. The van der Waals surface area contributed by atoms with Gasteiger partial charge in [0, 0.05) is 18.2 Å². The fourth-order valence-corrected chi connectivity index (χ4v) is 1.91. The molecular formula is C13H11N3O3S. The van der Waals surface area contributed by atoms with Gasteiger partial charge in [0.05, 0.1) is 12.1 Å². The van der Waals surface area contributed by atoms with Crippen molar-refractivity contribution in [3.63, 3.8) is 0 Å². The van der Waals surface area contributed by atoms with Crippen LogP contribution < -0.4 is 0 Å². The van der Waals surface area contributed by atoms with Crippen molar-refractivity contribution in [1.82, 2.24) is 0 Å². The number of nitrogens with zero attached hydrogens (tertiary/aromatic N) is 3. The molecule has 0 spiro atoms. The molecule has 2 rings (SSSR count). The van der Waals surface area contributed by atoms with E-state index in [4.69, 9.17) is 10.3 Å². The standard InChI is InChI=1S/C13H11N3O3S/c14-16-12-7-6-11(8-13(12)19-9-20(17)18)15-10-4-2-1-3-5-10/h1-5,8-9H,6-7H2. The van der Waals surface area contributed by atoms with Crippen molar-refractivity contribution in [2.75, 3.05) is 0 Å². The Morgan fingerprint density at radius 2 is 2.00 bits per heavy atom. The predicted molar refractivity (Wildman–Crippen MR) is 75.5 cm³/mol. The maximum absolute atomic E-state index is 10.5. The molecule has 0 radical (unpaired) electrons. The predicted octanol–water partition coefficient (Wildman–Crippen LogP) is 1.76. The van der Waals surface area contributed by atoms with Crippen LogP contribution in [0.25, 0.3) is 5.53 Å². The molecule has 7 heteroatoms. The Hall–Kier alpha value is -2.50. The zero-order valence-electron chi connectivity index (χ0n) is 10.4. The monoisotopic (exact) mass is 289 g/mol. The van der Waals surface area contributed by atoms with Crippen molar-refractivity contribution >= 4 is 33.0 Å². The van der Waals surface area contributed by atoms with E-state index >= 15 is 0 Å². The normalized spacial score (nSPS) is 16.3.